The van der Waals surface area contributed by atoms with Crippen molar-refractivity contribution in [2.75, 3.05) is 6.61 Å². The van der Waals surface area contributed by atoms with Gasteiger partial charge in [0.25, 0.3) is 0 Å². The van der Waals surface area contributed by atoms with Crippen LogP contribution in [0.5, 0.6) is 0 Å². The van der Waals surface area contributed by atoms with E-state index in [1.54, 1.807) is 0 Å². The summed E-state index contributed by atoms with van der Waals surface area (Å²) in [6.45, 7) is 1.09. The first-order chi connectivity index (χ1) is 5.87. The van der Waals surface area contributed by atoms with Gasteiger partial charge in [0.1, 0.15) is 0 Å². The molecular weight excluding hydrogens is 148 g/mol. The highest BCUT2D eigenvalue weighted by Gasteiger charge is 2.62. The van der Waals surface area contributed by atoms with Crippen molar-refractivity contribution in [2.45, 2.75) is 57.0 Å². The van der Waals surface area contributed by atoms with E-state index in [9.17, 15) is 0 Å². The van der Waals surface area contributed by atoms with E-state index >= 15 is 0 Å². The van der Waals surface area contributed by atoms with Crippen LogP contribution in [0.1, 0.15) is 51.4 Å². The number of fused-ring (bicyclic) bond motifs is 1. The van der Waals surface area contributed by atoms with E-state index in [0.29, 0.717) is 11.0 Å². The topological polar surface area (TPSA) is 12.5 Å². The Balaban J connectivity index is 1.89. The van der Waals surface area contributed by atoms with Crippen molar-refractivity contribution in [3.05, 3.63) is 0 Å². The van der Waals surface area contributed by atoms with Gasteiger partial charge >= 0.3 is 0 Å². The van der Waals surface area contributed by atoms with Gasteiger partial charge in [0, 0.05) is 5.41 Å². The minimum atomic E-state index is 0.405. The molecular formula is C11H18O. The Labute approximate surface area is 74.5 Å². The third-order valence-corrected chi connectivity index (χ3v) is 4.51. The van der Waals surface area contributed by atoms with Crippen LogP contribution in [0.2, 0.25) is 0 Å². The largest absolute Gasteiger partial charge is 0.369 e. The summed E-state index contributed by atoms with van der Waals surface area (Å²) in [5.41, 5.74) is 1.06. The molecule has 0 amide bonds. The molecule has 3 aliphatic rings. The van der Waals surface area contributed by atoms with Crippen LogP contribution >= 0.6 is 0 Å². The maximum absolute atomic E-state index is 5.77. The fraction of sp³-hybridized carbons (Fsp3) is 1.00. The zero-order valence-electron chi connectivity index (χ0n) is 7.77. The molecule has 3 rings (SSSR count). The number of rotatable bonds is 0. The fourth-order valence-electron chi connectivity index (χ4n) is 3.66. The van der Waals surface area contributed by atoms with Crippen LogP contribution in [0, 0.1) is 5.41 Å². The Bertz CT molecular complexity index is 187. The summed E-state index contributed by atoms with van der Waals surface area (Å²) in [5.74, 6) is 0. The predicted octanol–water partition coefficient (Wildman–Crippen LogP) is 2.89. The molecule has 0 radical (unpaired) electrons. The molecule has 12 heavy (non-hydrogen) atoms. The van der Waals surface area contributed by atoms with Crippen LogP contribution in [-0.4, -0.2) is 12.2 Å². The average molecular weight is 166 g/mol. The molecule has 0 N–H and O–H groups in total. The lowest BCUT2D eigenvalue weighted by molar-refractivity contribution is 0.0568. The molecule has 0 bridgehead atoms. The van der Waals surface area contributed by atoms with Gasteiger partial charge in [0.2, 0.25) is 0 Å². The maximum Gasteiger partial charge on any atom is 0.0972 e. The van der Waals surface area contributed by atoms with Crippen LogP contribution in [-0.2, 0) is 4.74 Å². The van der Waals surface area contributed by atoms with E-state index in [4.69, 9.17) is 4.74 Å². The van der Waals surface area contributed by atoms with Crippen molar-refractivity contribution in [3.8, 4) is 0 Å². The van der Waals surface area contributed by atoms with Crippen LogP contribution in [0.15, 0.2) is 0 Å². The lowest BCUT2D eigenvalue weighted by Gasteiger charge is -2.39. The highest BCUT2D eigenvalue weighted by atomic mass is 16.6. The first-order valence-electron chi connectivity index (χ1n) is 5.51. The second kappa shape index (κ2) is 2.25. The van der Waals surface area contributed by atoms with E-state index in [0.717, 1.165) is 6.61 Å². The zero-order valence-corrected chi connectivity index (χ0v) is 7.77. The van der Waals surface area contributed by atoms with Crippen molar-refractivity contribution in [1.82, 2.24) is 0 Å². The third-order valence-electron chi connectivity index (χ3n) is 4.51. The monoisotopic (exact) mass is 166 g/mol. The second-order valence-corrected chi connectivity index (χ2v) is 4.98. The smallest absolute Gasteiger partial charge is 0.0972 e. The van der Waals surface area contributed by atoms with Gasteiger partial charge in [-0.15, -0.1) is 0 Å². The second-order valence-electron chi connectivity index (χ2n) is 4.98. The molecule has 1 unspecified atom stereocenters. The Morgan fingerprint density at radius 2 is 1.25 bits per heavy atom. The fourth-order valence-corrected chi connectivity index (χ4v) is 3.66. The molecule has 0 aromatic carbocycles. The minimum Gasteiger partial charge on any atom is -0.369 e. The molecule has 3 fully saturated rings. The summed E-state index contributed by atoms with van der Waals surface area (Å²) in [5, 5.41) is 0. The predicted molar refractivity (Wildman–Crippen MR) is 48.1 cm³/mol. The Hall–Kier alpha value is -0.0400. The molecule has 2 aliphatic carbocycles. The van der Waals surface area contributed by atoms with Crippen molar-refractivity contribution in [2.24, 2.45) is 5.41 Å². The van der Waals surface area contributed by atoms with Crippen molar-refractivity contribution >= 4 is 0 Å². The SMILES string of the molecule is C1CCC2(C1)CCCCC21CO1. The normalized spacial score (nSPS) is 44.0. The number of epoxide rings is 1. The summed E-state index contributed by atoms with van der Waals surface area (Å²) >= 11 is 0. The number of hydrogen-bond acceptors (Lipinski definition) is 1. The Kier molecular flexibility index (Phi) is 1.39. The first-order valence-corrected chi connectivity index (χ1v) is 5.51. The lowest BCUT2D eigenvalue weighted by Crippen LogP contribution is -2.39. The number of hydrogen-bond donors (Lipinski definition) is 0. The van der Waals surface area contributed by atoms with Gasteiger partial charge in [-0.1, -0.05) is 25.7 Å². The standard InChI is InChI=1S/C11H18O/c1-2-6-10(5-1)7-3-4-8-11(10)9-12-11/h1-9H2. The van der Waals surface area contributed by atoms with Gasteiger partial charge < -0.3 is 4.74 Å². The summed E-state index contributed by atoms with van der Waals surface area (Å²) in [7, 11) is 0. The average Bonchev–Trinajstić information content (AvgIpc) is 2.73. The lowest BCUT2D eigenvalue weighted by atomic mass is 9.65. The van der Waals surface area contributed by atoms with E-state index in [-0.39, 0.29) is 0 Å². The minimum absolute atomic E-state index is 0.405. The summed E-state index contributed by atoms with van der Waals surface area (Å²) in [4.78, 5) is 0. The molecule has 1 aliphatic heterocycles. The molecule has 1 saturated heterocycles. The van der Waals surface area contributed by atoms with Crippen molar-refractivity contribution in [1.29, 1.82) is 0 Å². The van der Waals surface area contributed by atoms with Gasteiger partial charge in [0.05, 0.1) is 12.2 Å². The van der Waals surface area contributed by atoms with Crippen LogP contribution in [0.25, 0.3) is 0 Å². The molecule has 0 aromatic rings. The highest BCUT2D eigenvalue weighted by Crippen LogP contribution is 2.61. The van der Waals surface area contributed by atoms with E-state index in [2.05, 4.69) is 0 Å². The van der Waals surface area contributed by atoms with Crippen LogP contribution < -0.4 is 0 Å². The Morgan fingerprint density at radius 1 is 0.750 bits per heavy atom. The summed E-state index contributed by atoms with van der Waals surface area (Å²) in [6, 6.07) is 0. The van der Waals surface area contributed by atoms with E-state index in [1.807, 2.05) is 0 Å². The molecule has 2 spiro atoms. The van der Waals surface area contributed by atoms with Crippen molar-refractivity contribution < 1.29 is 4.74 Å². The molecule has 1 nitrogen and oxygen atoms in total. The van der Waals surface area contributed by atoms with Gasteiger partial charge in [-0.3, -0.25) is 0 Å². The van der Waals surface area contributed by atoms with Gasteiger partial charge in [-0.05, 0) is 25.7 Å². The summed E-state index contributed by atoms with van der Waals surface area (Å²) in [6.07, 6.45) is 11.6. The van der Waals surface area contributed by atoms with Crippen LogP contribution in [0.3, 0.4) is 0 Å². The van der Waals surface area contributed by atoms with Crippen LogP contribution in [0.4, 0.5) is 0 Å². The van der Waals surface area contributed by atoms with E-state index in [1.165, 1.54) is 51.4 Å². The molecule has 0 aromatic heterocycles. The van der Waals surface area contributed by atoms with Crippen molar-refractivity contribution in [3.63, 3.8) is 0 Å². The quantitative estimate of drug-likeness (QED) is 0.504. The molecule has 1 heteroatoms. The third kappa shape index (κ3) is 0.783. The molecule has 68 valence electrons. The van der Waals surface area contributed by atoms with Gasteiger partial charge in [-0.25, -0.2) is 0 Å². The maximum atomic E-state index is 5.77. The molecule has 1 heterocycles. The number of ether oxygens (including phenoxy) is 1. The Morgan fingerprint density at radius 3 is 1.75 bits per heavy atom. The molecule has 1 atom stereocenters. The van der Waals surface area contributed by atoms with Gasteiger partial charge in [-0.2, -0.15) is 0 Å². The zero-order chi connectivity index (χ0) is 8.07. The van der Waals surface area contributed by atoms with Gasteiger partial charge in [0.15, 0.2) is 0 Å². The molecule has 2 saturated carbocycles. The summed E-state index contributed by atoms with van der Waals surface area (Å²) < 4.78 is 5.77. The highest BCUT2D eigenvalue weighted by molar-refractivity contribution is 5.11. The first kappa shape index (κ1) is 7.37. The van der Waals surface area contributed by atoms with E-state index < -0.39 is 0 Å².